The van der Waals surface area contributed by atoms with E-state index in [1.807, 2.05) is 6.92 Å². The van der Waals surface area contributed by atoms with Crippen molar-refractivity contribution in [3.8, 4) is 0 Å². The Morgan fingerprint density at radius 1 is 1.47 bits per heavy atom. The molecule has 1 amide bonds. The first kappa shape index (κ1) is 14.0. The molecule has 0 saturated heterocycles. The lowest BCUT2D eigenvalue weighted by Crippen LogP contribution is -2.37. The third-order valence-corrected chi connectivity index (χ3v) is 4.26. The molecular formula is C13H18N2O3S. The lowest BCUT2D eigenvalue weighted by molar-refractivity contribution is -0.137. The van der Waals surface area contributed by atoms with Crippen LogP contribution >= 0.6 is 11.3 Å². The number of aryl methyl sites for hydroxylation is 2. The predicted molar refractivity (Wildman–Crippen MR) is 72.5 cm³/mol. The van der Waals surface area contributed by atoms with Crippen LogP contribution in [-0.4, -0.2) is 39.5 Å². The first-order valence-corrected chi connectivity index (χ1v) is 7.33. The van der Waals surface area contributed by atoms with E-state index >= 15 is 0 Å². The Hall–Kier alpha value is -1.43. The fraction of sp³-hybridized carbons (Fsp3) is 0.615. The van der Waals surface area contributed by atoms with E-state index in [9.17, 15) is 9.59 Å². The van der Waals surface area contributed by atoms with Gasteiger partial charge in [0, 0.05) is 6.04 Å². The number of carbonyl (C=O) groups is 2. The van der Waals surface area contributed by atoms with Crippen molar-refractivity contribution in [3.63, 3.8) is 0 Å². The largest absolute Gasteiger partial charge is 0.480 e. The highest BCUT2D eigenvalue weighted by Crippen LogP contribution is 2.30. The van der Waals surface area contributed by atoms with Gasteiger partial charge in [-0.05, 0) is 32.6 Å². The number of carboxylic acids is 1. The molecular weight excluding hydrogens is 264 g/mol. The predicted octanol–water partition coefficient (Wildman–Crippen LogP) is 2.09. The molecule has 0 unspecified atom stereocenters. The lowest BCUT2D eigenvalue weighted by Gasteiger charge is -2.19. The summed E-state index contributed by atoms with van der Waals surface area (Å²) in [5.41, 5.74) is 0.717. The van der Waals surface area contributed by atoms with Gasteiger partial charge in [0.2, 0.25) is 0 Å². The molecule has 19 heavy (non-hydrogen) atoms. The Balaban J connectivity index is 2.18. The number of thiazole rings is 1. The molecule has 0 bridgehead atoms. The molecule has 0 radical (unpaired) electrons. The summed E-state index contributed by atoms with van der Waals surface area (Å²) >= 11 is 1.40. The van der Waals surface area contributed by atoms with Crippen LogP contribution in [-0.2, 0) is 11.2 Å². The molecule has 1 aromatic rings. The van der Waals surface area contributed by atoms with Gasteiger partial charge in [-0.25, -0.2) is 4.98 Å². The van der Waals surface area contributed by atoms with Crippen LogP contribution in [0.1, 0.15) is 46.6 Å². The number of hydrogen-bond acceptors (Lipinski definition) is 4. The van der Waals surface area contributed by atoms with Crippen molar-refractivity contribution in [2.75, 3.05) is 6.54 Å². The van der Waals surface area contributed by atoms with Crippen LogP contribution in [0.25, 0.3) is 0 Å². The second-order valence-electron chi connectivity index (χ2n) is 4.83. The number of nitrogens with zero attached hydrogens (tertiary/aromatic N) is 2. The van der Waals surface area contributed by atoms with Crippen molar-refractivity contribution in [1.82, 2.24) is 9.88 Å². The number of aliphatic carboxylic acids is 1. The zero-order valence-electron chi connectivity index (χ0n) is 11.2. The summed E-state index contributed by atoms with van der Waals surface area (Å²) < 4.78 is 0. The SMILES string of the molecule is CCCc1nc(C)c(C(=O)N(CC(=O)O)C2CC2)s1. The van der Waals surface area contributed by atoms with E-state index in [-0.39, 0.29) is 18.5 Å². The van der Waals surface area contributed by atoms with Gasteiger partial charge in [-0.3, -0.25) is 9.59 Å². The molecule has 0 aliphatic heterocycles. The average molecular weight is 282 g/mol. The summed E-state index contributed by atoms with van der Waals surface area (Å²) in [5.74, 6) is -1.14. The molecule has 1 fully saturated rings. The summed E-state index contributed by atoms with van der Waals surface area (Å²) in [7, 11) is 0. The molecule has 104 valence electrons. The maximum Gasteiger partial charge on any atom is 0.323 e. The van der Waals surface area contributed by atoms with Gasteiger partial charge in [0.15, 0.2) is 0 Å². The molecule has 0 spiro atoms. The molecule has 6 heteroatoms. The Bertz CT molecular complexity index is 494. The summed E-state index contributed by atoms with van der Waals surface area (Å²) in [6.07, 6.45) is 3.65. The highest BCUT2D eigenvalue weighted by atomic mass is 32.1. The average Bonchev–Trinajstić information content (AvgIpc) is 3.10. The monoisotopic (exact) mass is 282 g/mol. The minimum atomic E-state index is -0.962. The summed E-state index contributed by atoms with van der Waals surface area (Å²) in [5, 5.41) is 9.86. The number of hydrogen-bond donors (Lipinski definition) is 1. The van der Waals surface area contributed by atoms with Crippen molar-refractivity contribution >= 4 is 23.2 Å². The van der Waals surface area contributed by atoms with Gasteiger partial charge in [-0.1, -0.05) is 6.92 Å². The number of aromatic nitrogens is 1. The highest BCUT2D eigenvalue weighted by molar-refractivity contribution is 7.13. The third kappa shape index (κ3) is 3.32. The zero-order chi connectivity index (χ0) is 14.0. The smallest absolute Gasteiger partial charge is 0.323 e. The summed E-state index contributed by atoms with van der Waals surface area (Å²) in [6.45, 7) is 3.66. The lowest BCUT2D eigenvalue weighted by atomic mass is 10.3. The van der Waals surface area contributed by atoms with Crippen molar-refractivity contribution in [2.24, 2.45) is 0 Å². The van der Waals surface area contributed by atoms with Crippen LogP contribution in [0.15, 0.2) is 0 Å². The van der Waals surface area contributed by atoms with Crippen molar-refractivity contribution in [1.29, 1.82) is 0 Å². The van der Waals surface area contributed by atoms with E-state index in [2.05, 4.69) is 11.9 Å². The quantitative estimate of drug-likeness (QED) is 0.867. The molecule has 1 aliphatic rings. The van der Waals surface area contributed by atoms with E-state index in [4.69, 9.17) is 5.11 Å². The normalized spacial score (nSPS) is 14.4. The highest BCUT2D eigenvalue weighted by Gasteiger charge is 2.35. The van der Waals surface area contributed by atoms with Crippen LogP contribution in [0.3, 0.4) is 0 Å². The van der Waals surface area contributed by atoms with E-state index in [1.165, 1.54) is 16.2 Å². The van der Waals surface area contributed by atoms with E-state index in [0.717, 1.165) is 36.4 Å². The Labute approximate surface area is 116 Å². The maximum atomic E-state index is 12.4. The van der Waals surface area contributed by atoms with Crippen LogP contribution in [0.5, 0.6) is 0 Å². The third-order valence-electron chi connectivity index (χ3n) is 3.05. The molecule has 1 aromatic heterocycles. The Morgan fingerprint density at radius 3 is 2.68 bits per heavy atom. The van der Waals surface area contributed by atoms with Crippen molar-refractivity contribution in [3.05, 3.63) is 15.6 Å². The zero-order valence-corrected chi connectivity index (χ0v) is 12.0. The minimum absolute atomic E-state index is 0.0970. The number of carboxylic acid groups (broad SMARTS) is 1. The number of amides is 1. The number of rotatable bonds is 6. The molecule has 1 aliphatic carbocycles. The van der Waals surface area contributed by atoms with Gasteiger partial charge >= 0.3 is 5.97 Å². The van der Waals surface area contributed by atoms with Gasteiger partial charge in [0.25, 0.3) is 5.91 Å². The number of carbonyl (C=O) groups excluding carboxylic acids is 1. The molecule has 0 atom stereocenters. The van der Waals surface area contributed by atoms with Crippen LogP contribution < -0.4 is 0 Å². The van der Waals surface area contributed by atoms with E-state index in [1.54, 1.807) is 0 Å². The second kappa shape index (κ2) is 5.69. The Morgan fingerprint density at radius 2 is 2.16 bits per heavy atom. The summed E-state index contributed by atoms with van der Waals surface area (Å²) in [4.78, 5) is 29.7. The van der Waals surface area contributed by atoms with E-state index < -0.39 is 5.97 Å². The standard InChI is InChI=1S/C13H18N2O3S/c1-3-4-10-14-8(2)12(19-10)13(18)15(7-11(16)17)9-5-6-9/h9H,3-7H2,1-2H3,(H,16,17). The van der Waals surface area contributed by atoms with Gasteiger partial charge in [0.05, 0.1) is 10.7 Å². The fourth-order valence-corrected chi connectivity index (χ4v) is 3.12. The fourth-order valence-electron chi connectivity index (χ4n) is 2.00. The first-order valence-electron chi connectivity index (χ1n) is 6.52. The van der Waals surface area contributed by atoms with Gasteiger partial charge in [0.1, 0.15) is 11.4 Å². The Kier molecular flexibility index (Phi) is 4.19. The van der Waals surface area contributed by atoms with Crippen LogP contribution in [0.2, 0.25) is 0 Å². The first-order chi connectivity index (χ1) is 9.02. The van der Waals surface area contributed by atoms with Crippen molar-refractivity contribution < 1.29 is 14.7 Å². The van der Waals surface area contributed by atoms with E-state index in [0.29, 0.717) is 4.88 Å². The second-order valence-corrected chi connectivity index (χ2v) is 5.91. The molecule has 1 heterocycles. The van der Waals surface area contributed by atoms with Crippen LogP contribution in [0, 0.1) is 6.92 Å². The van der Waals surface area contributed by atoms with Gasteiger partial charge < -0.3 is 10.0 Å². The van der Waals surface area contributed by atoms with Crippen LogP contribution in [0.4, 0.5) is 0 Å². The maximum absolute atomic E-state index is 12.4. The molecule has 1 saturated carbocycles. The van der Waals surface area contributed by atoms with Gasteiger partial charge in [-0.15, -0.1) is 11.3 Å². The van der Waals surface area contributed by atoms with Gasteiger partial charge in [-0.2, -0.15) is 0 Å². The summed E-state index contributed by atoms with van der Waals surface area (Å²) in [6, 6.07) is 0.0970. The molecule has 5 nitrogen and oxygen atoms in total. The topological polar surface area (TPSA) is 70.5 Å². The molecule has 1 N–H and O–H groups in total. The molecule has 0 aromatic carbocycles. The molecule has 2 rings (SSSR count). The van der Waals surface area contributed by atoms with Crippen molar-refractivity contribution in [2.45, 2.75) is 45.6 Å². The minimum Gasteiger partial charge on any atom is -0.480 e.